The summed E-state index contributed by atoms with van der Waals surface area (Å²) >= 11 is 0. The molecule has 1 aliphatic carbocycles. The van der Waals surface area contributed by atoms with Crippen molar-refractivity contribution in [2.24, 2.45) is 0 Å². The lowest BCUT2D eigenvalue weighted by Gasteiger charge is -2.10. The molecule has 0 bridgehead atoms. The second-order valence-electron chi connectivity index (χ2n) is 5.43. The number of carbonyl (C=O) groups excluding carboxylic acids is 1. The van der Waals surface area contributed by atoms with Crippen molar-refractivity contribution in [3.8, 4) is 5.75 Å². The van der Waals surface area contributed by atoms with Gasteiger partial charge in [0, 0.05) is 17.0 Å². The number of hydrogen-bond donors (Lipinski definition) is 0. The van der Waals surface area contributed by atoms with E-state index in [2.05, 4.69) is 4.74 Å². The Balaban J connectivity index is 1.99. The third-order valence-electron chi connectivity index (χ3n) is 4.03. The van der Waals surface area contributed by atoms with Crippen LogP contribution in [0.2, 0.25) is 0 Å². The maximum absolute atomic E-state index is 12.2. The van der Waals surface area contributed by atoms with Gasteiger partial charge in [-0.05, 0) is 43.4 Å². The van der Waals surface area contributed by atoms with Crippen molar-refractivity contribution in [3.63, 3.8) is 0 Å². The molecule has 3 rings (SSSR count). The largest absolute Gasteiger partial charge is 0.482 e. The maximum Gasteiger partial charge on any atom is 0.343 e. The van der Waals surface area contributed by atoms with Gasteiger partial charge in [0.15, 0.2) is 6.61 Å². The molecule has 1 heterocycles. The molecule has 1 aromatic carbocycles. The molecule has 0 amide bonds. The molecule has 0 aliphatic heterocycles. The number of aryl methyl sites for hydroxylation is 1. The van der Waals surface area contributed by atoms with E-state index in [0.29, 0.717) is 11.3 Å². The molecule has 0 atom stereocenters. The van der Waals surface area contributed by atoms with Gasteiger partial charge in [0.1, 0.15) is 11.3 Å². The SMILES string of the molecule is COC(=O)COc1ccc2c3c(c(=O)oc2c1)CCCCC3. The maximum atomic E-state index is 12.2. The van der Waals surface area contributed by atoms with Crippen LogP contribution in [0.3, 0.4) is 0 Å². The first-order chi connectivity index (χ1) is 10.7. The van der Waals surface area contributed by atoms with Crippen LogP contribution in [-0.4, -0.2) is 19.7 Å². The molecule has 0 fully saturated rings. The van der Waals surface area contributed by atoms with Gasteiger partial charge >= 0.3 is 11.6 Å². The van der Waals surface area contributed by atoms with E-state index in [4.69, 9.17) is 9.15 Å². The molecule has 0 spiro atoms. The van der Waals surface area contributed by atoms with Gasteiger partial charge in [-0.2, -0.15) is 0 Å². The first kappa shape index (κ1) is 14.6. The van der Waals surface area contributed by atoms with Crippen LogP contribution in [0.25, 0.3) is 11.0 Å². The molecule has 0 N–H and O–H groups in total. The van der Waals surface area contributed by atoms with Crippen molar-refractivity contribution < 1.29 is 18.7 Å². The molecule has 0 saturated heterocycles. The second-order valence-corrected chi connectivity index (χ2v) is 5.43. The van der Waals surface area contributed by atoms with Crippen molar-refractivity contribution in [1.29, 1.82) is 0 Å². The van der Waals surface area contributed by atoms with E-state index in [1.807, 2.05) is 6.07 Å². The average Bonchev–Trinajstić information content (AvgIpc) is 2.79. The lowest BCUT2D eigenvalue weighted by atomic mass is 10.0. The monoisotopic (exact) mass is 302 g/mol. The Morgan fingerprint density at radius 1 is 1.18 bits per heavy atom. The zero-order chi connectivity index (χ0) is 15.5. The van der Waals surface area contributed by atoms with E-state index < -0.39 is 5.97 Å². The van der Waals surface area contributed by atoms with Crippen LogP contribution in [0.1, 0.15) is 30.4 Å². The fourth-order valence-corrected chi connectivity index (χ4v) is 2.89. The Morgan fingerprint density at radius 3 is 2.73 bits per heavy atom. The third-order valence-corrected chi connectivity index (χ3v) is 4.03. The number of fused-ring (bicyclic) bond motifs is 3. The summed E-state index contributed by atoms with van der Waals surface area (Å²) in [7, 11) is 1.31. The number of esters is 1. The van der Waals surface area contributed by atoms with E-state index in [0.717, 1.165) is 48.6 Å². The summed E-state index contributed by atoms with van der Waals surface area (Å²) in [6.45, 7) is -0.169. The van der Waals surface area contributed by atoms with Crippen molar-refractivity contribution in [2.75, 3.05) is 13.7 Å². The van der Waals surface area contributed by atoms with Gasteiger partial charge in [0.25, 0.3) is 0 Å². The molecule has 0 unspecified atom stereocenters. The van der Waals surface area contributed by atoms with E-state index in [9.17, 15) is 9.59 Å². The number of benzene rings is 1. The fourth-order valence-electron chi connectivity index (χ4n) is 2.89. The highest BCUT2D eigenvalue weighted by Gasteiger charge is 2.17. The predicted octanol–water partition coefficient (Wildman–Crippen LogP) is 2.61. The minimum absolute atomic E-state index is 0.169. The van der Waals surface area contributed by atoms with Crippen LogP contribution in [0, 0.1) is 0 Å². The molecule has 0 saturated carbocycles. The molecule has 5 nitrogen and oxygen atoms in total. The van der Waals surface area contributed by atoms with E-state index in [1.54, 1.807) is 12.1 Å². The fraction of sp³-hybridized carbons (Fsp3) is 0.412. The van der Waals surface area contributed by atoms with Crippen molar-refractivity contribution in [2.45, 2.75) is 32.1 Å². The average molecular weight is 302 g/mol. The van der Waals surface area contributed by atoms with Crippen LogP contribution < -0.4 is 10.4 Å². The molecular weight excluding hydrogens is 284 g/mol. The van der Waals surface area contributed by atoms with Gasteiger partial charge in [-0.15, -0.1) is 0 Å². The minimum atomic E-state index is -0.455. The topological polar surface area (TPSA) is 65.7 Å². The molecule has 0 radical (unpaired) electrons. The van der Waals surface area contributed by atoms with Crippen LogP contribution in [0.5, 0.6) is 5.75 Å². The quantitative estimate of drug-likeness (QED) is 0.495. The van der Waals surface area contributed by atoms with Gasteiger partial charge in [-0.25, -0.2) is 9.59 Å². The highest BCUT2D eigenvalue weighted by atomic mass is 16.6. The molecule has 1 aromatic heterocycles. The summed E-state index contributed by atoms with van der Waals surface area (Å²) in [5, 5.41) is 0.960. The van der Waals surface area contributed by atoms with Crippen molar-refractivity contribution in [1.82, 2.24) is 0 Å². The highest BCUT2D eigenvalue weighted by Crippen LogP contribution is 2.28. The van der Waals surface area contributed by atoms with Gasteiger partial charge < -0.3 is 13.9 Å². The first-order valence-electron chi connectivity index (χ1n) is 7.47. The second kappa shape index (κ2) is 6.22. The molecule has 5 heteroatoms. The minimum Gasteiger partial charge on any atom is -0.482 e. The zero-order valence-electron chi connectivity index (χ0n) is 12.5. The Kier molecular flexibility index (Phi) is 4.13. The van der Waals surface area contributed by atoms with Crippen molar-refractivity contribution in [3.05, 3.63) is 39.7 Å². The summed E-state index contributed by atoms with van der Waals surface area (Å²) < 4.78 is 15.3. The van der Waals surface area contributed by atoms with Crippen LogP contribution in [-0.2, 0) is 22.4 Å². The Labute approximate surface area is 127 Å². The summed E-state index contributed by atoms with van der Waals surface area (Å²) in [5.74, 6) is 0.0260. The van der Waals surface area contributed by atoms with E-state index in [-0.39, 0.29) is 12.2 Å². The number of methoxy groups -OCH3 is 1. The van der Waals surface area contributed by atoms with Gasteiger partial charge in [0.2, 0.25) is 0 Å². The zero-order valence-corrected chi connectivity index (χ0v) is 12.5. The molecule has 1 aliphatic rings. The summed E-state index contributed by atoms with van der Waals surface area (Å²) in [5.41, 5.74) is 2.17. The van der Waals surface area contributed by atoms with Crippen LogP contribution >= 0.6 is 0 Å². The Morgan fingerprint density at radius 2 is 1.95 bits per heavy atom. The standard InChI is InChI=1S/C17H18O5/c1-20-16(18)10-21-11-7-8-13-12-5-3-2-4-6-14(12)17(19)22-15(13)9-11/h7-9H,2-6,10H2,1H3. The third kappa shape index (κ3) is 2.84. The van der Waals surface area contributed by atoms with Gasteiger partial charge in [0.05, 0.1) is 7.11 Å². The first-order valence-corrected chi connectivity index (χ1v) is 7.47. The summed E-state index contributed by atoms with van der Waals surface area (Å²) in [6.07, 6.45) is 4.94. The van der Waals surface area contributed by atoms with Gasteiger partial charge in [-0.1, -0.05) is 6.42 Å². The normalized spacial score (nSPS) is 14.2. The number of carbonyl (C=O) groups is 1. The molecule has 2 aromatic rings. The Bertz CT molecular complexity index is 759. The highest BCUT2D eigenvalue weighted by molar-refractivity contribution is 5.83. The summed E-state index contributed by atoms with van der Waals surface area (Å²) in [6, 6.07) is 5.34. The van der Waals surface area contributed by atoms with Crippen molar-refractivity contribution >= 4 is 16.9 Å². The predicted molar refractivity (Wildman–Crippen MR) is 81.3 cm³/mol. The Hall–Kier alpha value is -2.30. The van der Waals surface area contributed by atoms with Crippen LogP contribution in [0.15, 0.2) is 27.4 Å². The molecular formula is C17H18O5. The number of ether oxygens (including phenoxy) is 2. The summed E-state index contributed by atoms with van der Waals surface area (Å²) in [4.78, 5) is 23.3. The van der Waals surface area contributed by atoms with Gasteiger partial charge in [-0.3, -0.25) is 0 Å². The smallest absolute Gasteiger partial charge is 0.343 e. The lowest BCUT2D eigenvalue weighted by Crippen LogP contribution is -2.13. The van der Waals surface area contributed by atoms with E-state index in [1.165, 1.54) is 7.11 Å². The van der Waals surface area contributed by atoms with E-state index >= 15 is 0 Å². The number of hydrogen-bond acceptors (Lipinski definition) is 5. The molecule has 116 valence electrons. The molecule has 22 heavy (non-hydrogen) atoms. The van der Waals surface area contributed by atoms with Crippen LogP contribution in [0.4, 0.5) is 0 Å². The lowest BCUT2D eigenvalue weighted by molar-refractivity contribution is -0.142. The number of rotatable bonds is 3.